The van der Waals surface area contributed by atoms with E-state index in [1.165, 1.54) is 29.9 Å². The molecule has 0 aliphatic heterocycles. The number of aliphatic hydroxyl groups excluding tert-OH is 1. The first-order valence-corrected chi connectivity index (χ1v) is 12.4. The van der Waals surface area contributed by atoms with Crippen LogP contribution in [0, 0.1) is 5.92 Å². The quantitative estimate of drug-likeness (QED) is 0.124. The van der Waals surface area contributed by atoms with Crippen LogP contribution in [0.5, 0.6) is 5.75 Å². The number of hydrogen-bond acceptors (Lipinski definition) is 6. The molecular formula is C25H30Cl2F3N3O5. The van der Waals surface area contributed by atoms with Gasteiger partial charge in [0.05, 0.1) is 23.4 Å². The van der Waals surface area contributed by atoms with Crippen molar-refractivity contribution in [2.45, 2.75) is 44.6 Å². The summed E-state index contributed by atoms with van der Waals surface area (Å²) in [5.41, 5.74) is 6.48. The van der Waals surface area contributed by atoms with Gasteiger partial charge in [0.1, 0.15) is 11.9 Å². The second kappa shape index (κ2) is 14.3. The first-order chi connectivity index (χ1) is 17.9. The van der Waals surface area contributed by atoms with Crippen molar-refractivity contribution in [3.05, 3.63) is 51.8 Å². The zero-order valence-corrected chi connectivity index (χ0v) is 22.4. The van der Waals surface area contributed by atoms with E-state index < -0.39 is 18.2 Å². The number of ether oxygens (including phenoxy) is 2. The minimum absolute atomic E-state index is 0.00939. The lowest BCUT2D eigenvalue weighted by molar-refractivity contribution is -0.274. The van der Waals surface area contributed by atoms with Gasteiger partial charge in [0.2, 0.25) is 6.41 Å². The molecule has 0 bridgehead atoms. The van der Waals surface area contributed by atoms with Gasteiger partial charge in [-0.25, -0.2) is 0 Å². The number of nitrogens with two attached hydrogens (primary N) is 1. The molecule has 2 atom stereocenters. The van der Waals surface area contributed by atoms with Gasteiger partial charge in [0, 0.05) is 48.3 Å². The van der Waals surface area contributed by atoms with Crippen molar-refractivity contribution in [1.29, 1.82) is 0 Å². The minimum atomic E-state index is -4.84. The zero-order chi connectivity index (χ0) is 28.5. The molecule has 0 fully saturated rings. The molecule has 2 rings (SSSR count). The van der Waals surface area contributed by atoms with Crippen molar-refractivity contribution in [3.63, 3.8) is 0 Å². The molecule has 0 radical (unpaired) electrons. The van der Waals surface area contributed by atoms with E-state index in [1.807, 2.05) is 0 Å². The molecule has 1 aromatic carbocycles. The number of aryl methyl sites for hydroxylation is 1. The summed E-state index contributed by atoms with van der Waals surface area (Å²) in [7, 11) is 2.88. The largest absolute Gasteiger partial charge is 0.573 e. The standard InChI is InChI=1S/C25H30Cl2F3N3O5/c1-33-20-12-17(38-25(28,29)30)7-6-16(20)11-21(33)24(36)23(19(27)13-31)18(26)5-3-4-15(8-9-32-14-34)10-22(35)37-2/h6-7,11-15,24,36H,3-5,8-10,31H2,1-2H3,(H,32,34)/b19-13+,23-18-. The third-order valence-electron chi connectivity index (χ3n) is 6.01. The smallest absolute Gasteiger partial charge is 0.469 e. The van der Waals surface area contributed by atoms with Gasteiger partial charge in [-0.05, 0) is 49.8 Å². The lowest BCUT2D eigenvalue weighted by Crippen LogP contribution is -2.18. The first kappa shape index (κ1) is 31.3. The van der Waals surface area contributed by atoms with Gasteiger partial charge in [-0.2, -0.15) is 0 Å². The summed E-state index contributed by atoms with van der Waals surface area (Å²) in [6.07, 6.45) is -2.38. The fourth-order valence-corrected chi connectivity index (χ4v) is 4.74. The number of allylic oxidation sites excluding steroid dienone is 1. The van der Waals surface area contributed by atoms with Crippen molar-refractivity contribution in [3.8, 4) is 5.75 Å². The highest BCUT2D eigenvalue weighted by molar-refractivity contribution is 6.35. The lowest BCUT2D eigenvalue weighted by atomic mass is 9.94. The maximum absolute atomic E-state index is 12.6. The van der Waals surface area contributed by atoms with Crippen LogP contribution in [0.3, 0.4) is 0 Å². The molecule has 2 aromatic rings. The van der Waals surface area contributed by atoms with Gasteiger partial charge in [-0.15, -0.1) is 13.2 Å². The number of carbonyl (C=O) groups excluding carboxylic acids is 2. The van der Waals surface area contributed by atoms with Crippen LogP contribution in [0.1, 0.15) is 43.9 Å². The first-order valence-electron chi connectivity index (χ1n) is 11.6. The van der Waals surface area contributed by atoms with Crippen LogP contribution in [0.4, 0.5) is 13.2 Å². The van der Waals surface area contributed by atoms with E-state index >= 15 is 0 Å². The Morgan fingerprint density at radius 2 is 1.97 bits per heavy atom. The van der Waals surface area contributed by atoms with Gasteiger partial charge in [0.15, 0.2) is 0 Å². The van der Waals surface area contributed by atoms with Gasteiger partial charge >= 0.3 is 12.3 Å². The molecule has 0 saturated heterocycles. The van der Waals surface area contributed by atoms with Crippen molar-refractivity contribution in [2.75, 3.05) is 13.7 Å². The van der Waals surface area contributed by atoms with Crippen LogP contribution in [-0.4, -0.2) is 42.1 Å². The van der Waals surface area contributed by atoms with Gasteiger partial charge < -0.3 is 30.2 Å². The number of benzene rings is 1. The molecule has 1 heterocycles. The highest BCUT2D eigenvalue weighted by Crippen LogP contribution is 2.38. The number of hydrogen-bond donors (Lipinski definition) is 3. The highest BCUT2D eigenvalue weighted by atomic mass is 35.5. The van der Waals surface area contributed by atoms with Crippen molar-refractivity contribution < 1.29 is 37.3 Å². The molecule has 38 heavy (non-hydrogen) atoms. The number of nitrogens with zero attached hydrogens (tertiary/aromatic N) is 1. The Bertz CT molecular complexity index is 1180. The Hall–Kier alpha value is -2.89. The number of aromatic nitrogens is 1. The monoisotopic (exact) mass is 579 g/mol. The Balaban J connectivity index is 2.28. The molecule has 4 N–H and O–H groups in total. The van der Waals surface area contributed by atoms with E-state index in [9.17, 15) is 27.9 Å². The molecule has 0 spiro atoms. The number of carbonyl (C=O) groups is 2. The summed E-state index contributed by atoms with van der Waals surface area (Å²) < 4.78 is 48.2. The average molecular weight is 580 g/mol. The Kier molecular flexibility index (Phi) is 11.8. The van der Waals surface area contributed by atoms with Crippen molar-refractivity contribution in [2.24, 2.45) is 18.7 Å². The molecule has 2 unspecified atom stereocenters. The van der Waals surface area contributed by atoms with Gasteiger partial charge in [0.25, 0.3) is 0 Å². The number of esters is 1. The fraction of sp³-hybridized carbons (Fsp3) is 0.440. The maximum atomic E-state index is 12.6. The number of alkyl halides is 3. The summed E-state index contributed by atoms with van der Waals surface area (Å²) in [6.45, 7) is 0.400. The number of aliphatic hydroxyl groups is 1. The Morgan fingerprint density at radius 3 is 2.58 bits per heavy atom. The SMILES string of the molecule is COC(=O)CC(CCC/C(Cl)=C(\C(Cl)=C/N)C(O)c1cc2ccc(OC(F)(F)F)cc2n1C)CCNC=O. The maximum Gasteiger partial charge on any atom is 0.573 e. The predicted molar refractivity (Wildman–Crippen MR) is 138 cm³/mol. The van der Waals surface area contributed by atoms with Gasteiger partial charge in [-0.3, -0.25) is 9.59 Å². The van der Waals surface area contributed by atoms with Crippen LogP contribution in [0.2, 0.25) is 0 Å². The van der Waals surface area contributed by atoms with Crippen molar-refractivity contribution in [1.82, 2.24) is 9.88 Å². The summed E-state index contributed by atoms with van der Waals surface area (Å²) >= 11 is 12.9. The number of amides is 1. The molecule has 210 valence electrons. The Labute approximate surface area is 228 Å². The lowest BCUT2D eigenvalue weighted by Gasteiger charge is -2.19. The summed E-state index contributed by atoms with van der Waals surface area (Å²) in [5, 5.41) is 14.6. The van der Waals surface area contributed by atoms with E-state index in [2.05, 4.69) is 10.1 Å². The van der Waals surface area contributed by atoms with E-state index in [4.69, 9.17) is 33.7 Å². The summed E-state index contributed by atoms with van der Waals surface area (Å²) in [5.74, 6) is -0.835. The van der Waals surface area contributed by atoms with Crippen LogP contribution in [-0.2, 0) is 21.4 Å². The van der Waals surface area contributed by atoms with E-state index in [-0.39, 0.29) is 33.9 Å². The normalized spacial score (nSPS) is 14.6. The van der Waals surface area contributed by atoms with Crippen LogP contribution < -0.4 is 15.8 Å². The molecule has 0 aliphatic rings. The van der Waals surface area contributed by atoms with Crippen LogP contribution in [0.15, 0.2) is 46.1 Å². The second-order valence-electron chi connectivity index (χ2n) is 8.53. The fourth-order valence-electron chi connectivity index (χ4n) is 4.13. The molecule has 1 aromatic heterocycles. The molecule has 0 aliphatic carbocycles. The third kappa shape index (κ3) is 8.85. The highest BCUT2D eigenvalue weighted by Gasteiger charge is 2.31. The van der Waals surface area contributed by atoms with E-state index in [0.29, 0.717) is 55.2 Å². The second-order valence-corrected chi connectivity index (χ2v) is 9.39. The van der Waals surface area contributed by atoms with E-state index in [0.717, 1.165) is 6.20 Å². The minimum Gasteiger partial charge on any atom is -0.469 e. The average Bonchev–Trinajstić information content (AvgIpc) is 3.18. The molecule has 13 heteroatoms. The third-order valence-corrected chi connectivity index (χ3v) is 6.73. The van der Waals surface area contributed by atoms with Gasteiger partial charge in [-0.1, -0.05) is 23.2 Å². The molecule has 8 nitrogen and oxygen atoms in total. The van der Waals surface area contributed by atoms with E-state index in [1.54, 1.807) is 13.1 Å². The van der Waals surface area contributed by atoms with Crippen LogP contribution >= 0.6 is 23.2 Å². The number of fused-ring (bicyclic) bond motifs is 1. The molecule has 0 saturated carbocycles. The summed E-state index contributed by atoms with van der Waals surface area (Å²) in [6, 6.07) is 5.44. The summed E-state index contributed by atoms with van der Waals surface area (Å²) in [4.78, 5) is 22.3. The number of nitrogens with one attached hydrogen (secondary N) is 1. The molecular weight excluding hydrogens is 550 g/mol. The zero-order valence-electron chi connectivity index (χ0n) is 20.9. The predicted octanol–water partition coefficient (Wildman–Crippen LogP) is 5.13. The molecule has 1 amide bonds. The number of methoxy groups -OCH3 is 1. The van der Waals surface area contributed by atoms with Crippen molar-refractivity contribution >= 4 is 46.5 Å². The van der Waals surface area contributed by atoms with Crippen LogP contribution in [0.25, 0.3) is 10.9 Å². The Morgan fingerprint density at radius 1 is 1.26 bits per heavy atom. The number of halogens is 5. The number of rotatable bonds is 14. The topological polar surface area (TPSA) is 116 Å².